The molecule has 0 aliphatic rings. The molecule has 2 rings (SSSR count). The van der Waals surface area contributed by atoms with Crippen LogP contribution >= 0.6 is 0 Å². The maximum absolute atomic E-state index is 11.8. The van der Waals surface area contributed by atoms with Crippen molar-refractivity contribution in [1.82, 2.24) is 14.7 Å². The molecule has 114 valence electrons. The SMILES string of the molecule is CC(C)(C)OC(=O)NC(CN)Cc1cn2ccccc2n1. The van der Waals surface area contributed by atoms with E-state index in [0.717, 1.165) is 11.3 Å². The van der Waals surface area contributed by atoms with Gasteiger partial charge in [0.15, 0.2) is 0 Å². The van der Waals surface area contributed by atoms with Crippen LogP contribution in [-0.4, -0.2) is 33.7 Å². The van der Waals surface area contributed by atoms with E-state index in [2.05, 4.69) is 10.3 Å². The van der Waals surface area contributed by atoms with Crippen LogP contribution in [0.3, 0.4) is 0 Å². The number of imidazole rings is 1. The predicted molar refractivity (Wildman–Crippen MR) is 81.1 cm³/mol. The topological polar surface area (TPSA) is 81.6 Å². The third kappa shape index (κ3) is 4.46. The molecule has 3 N–H and O–H groups in total. The zero-order valence-corrected chi connectivity index (χ0v) is 12.7. The van der Waals surface area contributed by atoms with E-state index in [1.807, 2.05) is 55.8 Å². The highest BCUT2D eigenvalue weighted by Gasteiger charge is 2.19. The molecule has 0 spiro atoms. The molecule has 2 heterocycles. The van der Waals surface area contributed by atoms with Crippen LogP contribution in [-0.2, 0) is 11.2 Å². The number of hydrogen-bond acceptors (Lipinski definition) is 4. The van der Waals surface area contributed by atoms with Crippen molar-refractivity contribution in [2.75, 3.05) is 6.54 Å². The van der Waals surface area contributed by atoms with Crippen LogP contribution in [0.4, 0.5) is 4.79 Å². The Labute approximate surface area is 124 Å². The number of fused-ring (bicyclic) bond motifs is 1. The number of rotatable bonds is 4. The van der Waals surface area contributed by atoms with Gasteiger partial charge in [-0.05, 0) is 32.9 Å². The van der Waals surface area contributed by atoms with Crippen LogP contribution in [0.15, 0.2) is 30.6 Å². The van der Waals surface area contributed by atoms with Gasteiger partial charge in [0.25, 0.3) is 0 Å². The summed E-state index contributed by atoms with van der Waals surface area (Å²) in [5.41, 5.74) is 6.96. The fourth-order valence-corrected chi connectivity index (χ4v) is 2.01. The summed E-state index contributed by atoms with van der Waals surface area (Å²) in [6.45, 7) is 5.80. The molecule has 0 bridgehead atoms. The first kappa shape index (κ1) is 15.3. The molecule has 0 aliphatic heterocycles. The number of nitrogens with two attached hydrogens (primary N) is 1. The summed E-state index contributed by atoms with van der Waals surface area (Å²) in [6.07, 6.45) is 3.98. The molecule has 0 saturated heterocycles. The quantitative estimate of drug-likeness (QED) is 0.898. The van der Waals surface area contributed by atoms with Crippen molar-refractivity contribution in [2.45, 2.75) is 38.8 Å². The monoisotopic (exact) mass is 290 g/mol. The van der Waals surface area contributed by atoms with Gasteiger partial charge in [-0.25, -0.2) is 9.78 Å². The Balaban J connectivity index is 2.00. The van der Waals surface area contributed by atoms with E-state index in [0.29, 0.717) is 13.0 Å². The number of alkyl carbamates (subject to hydrolysis) is 1. The summed E-state index contributed by atoms with van der Waals surface area (Å²) >= 11 is 0. The average molecular weight is 290 g/mol. The molecule has 0 aliphatic carbocycles. The van der Waals surface area contributed by atoms with E-state index in [4.69, 9.17) is 10.5 Å². The number of carbonyl (C=O) groups excluding carboxylic acids is 1. The summed E-state index contributed by atoms with van der Waals surface area (Å²) in [6, 6.07) is 5.61. The average Bonchev–Trinajstić information content (AvgIpc) is 2.77. The first-order chi connectivity index (χ1) is 9.87. The third-order valence-electron chi connectivity index (χ3n) is 2.87. The molecule has 0 radical (unpaired) electrons. The first-order valence-corrected chi connectivity index (χ1v) is 6.99. The lowest BCUT2D eigenvalue weighted by molar-refractivity contribution is 0.0506. The van der Waals surface area contributed by atoms with Crippen molar-refractivity contribution < 1.29 is 9.53 Å². The van der Waals surface area contributed by atoms with Gasteiger partial charge >= 0.3 is 6.09 Å². The summed E-state index contributed by atoms with van der Waals surface area (Å²) in [4.78, 5) is 16.3. The number of nitrogens with one attached hydrogen (secondary N) is 1. The second kappa shape index (κ2) is 6.13. The standard InChI is InChI=1S/C15H22N4O2/c1-15(2,3)21-14(20)18-11(9-16)8-12-10-19-7-5-4-6-13(19)17-12/h4-7,10-11H,8-9,16H2,1-3H3,(H,18,20). The molecule has 21 heavy (non-hydrogen) atoms. The van der Waals surface area contributed by atoms with Gasteiger partial charge < -0.3 is 20.2 Å². The normalized spacial score (nSPS) is 13.1. The lowest BCUT2D eigenvalue weighted by atomic mass is 10.1. The van der Waals surface area contributed by atoms with E-state index in [1.54, 1.807) is 0 Å². The lowest BCUT2D eigenvalue weighted by Crippen LogP contribution is -2.44. The number of amides is 1. The van der Waals surface area contributed by atoms with Crippen LogP contribution in [0, 0.1) is 0 Å². The predicted octanol–water partition coefficient (Wildman–Crippen LogP) is 1.73. The van der Waals surface area contributed by atoms with Crippen molar-refractivity contribution >= 4 is 11.7 Å². The largest absolute Gasteiger partial charge is 0.444 e. The number of aromatic nitrogens is 2. The molecule has 6 nitrogen and oxygen atoms in total. The molecule has 2 aromatic rings. The van der Waals surface area contributed by atoms with Crippen molar-refractivity contribution in [3.8, 4) is 0 Å². The molecule has 0 saturated carbocycles. The Bertz CT molecular complexity index is 582. The Kier molecular flexibility index (Phi) is 4.47. The minimum atomic E-state index is -0.522. The minimum absolute atomic E-state index is 0.204. The van der Waals surface area contributed by atoms with Gasteiger partial charge in [0, 0.05) is 31.4 Å². The molecule has 6 heteroatoms. The molecule has 1 atom stereocenters. The molecule has 2 aromatic heterocycles. The fourth-order valence-electron chi connectivity index (χ4n) is 2.01. The van der Waals surface area contributed by atoms with Crippen LogP contribution in [0.5, 0.6) is 0 Å². The highest BCUT2D eigenvalue weighted by molar-refractivity contribution is 5.68. The molecular formula is C15H22N4O2. The minimum Gasteiger partial charge on any atom is -0.444 e. The Hall–Kier alpha value is -2.08. The summed E-state index contributed by atoms with van der Waals surface area (Å²) < 4.78 is 7.18. The van der Waals surface area contributed by atoms with Gasteiger partial charge in [-0.2, -0.15) is 0 Å². The maximum Gasteiger partial charge on any atom is 0.407 e. The van der Waals surface area contributed by atoms with Gasteiger partial charge in [-0.15, -0.1) is 0 Å². The van der Waals surface area contributed by atoms with Crippen LogP contribution < -0.4 is 11.1 Å². The van der Waals surface area contributed by atoms with Gasteiger partial charge in [0.1, 0.15) is 11.2 Å². The zero-order chi connectivity index (χ0) is 15.5. The maximum atomic E-state index is 11.8. The number of nitrogens with zero attached hydrogens (tertiary/aromatic N) is 2. The van der Waals surface area contributed by atoms with E-state index < -0.39 is 11.7 Å². The van der Waals surface area contributed by atoms with Gasteiger partial charge in [-0.3, -0.25) is 0 Å². The van der Waals surface area contributed by atoms with Crippen LogP contribution in [0.1, 0.15) is 26.5 Å². The van der Waals surface area contributed by atoms with Crippen LogP contribution in [0.25, 0.3) is 5.65 Å². The van der Waals surface area contributed by atoms with Crippen molar-refractivity contribution in [1.29, 1.82) is 0 Å². The van der Waals surface area contributed by atoms with Crippen molar-refractivity contribution in [2.24, 2.45) is 5.73 Å². The molecule has 0 aromatic carbocycles. The van der Waals surface area contributed by atoms with E-state index in [-0.39, 0.29) is 6.04 Å². The van der Waals surface area contributed by atoms with E-state index in [9.17, 15) is 4.79 Å². The Morgan fingerprint density at radius 2 is 2.24 bits per heavy atom. The molecule has 1 unspecified atom stereocenters. The third-order valence-corrected chi connectivity index (χ3v) is 2.87. The highest BCUT2D eigenvalue weighted by atomic mass is 16.6. The van der Waals surface area contributed by atoms with Crippen molar-refractivity contribution in [3.05, 3.63) is 36.3 Å². The fraction of sp³-hybridized carbons (Fsp3) is 0.467. The number of ether oxygens (including phenoxy) is 1. The number of hydrogen-bond donors (Lipinski definition) is 2. The van der Waals surface area contributed by atoms with Crippen LogP contribution in [0.2, 0.25) is 0 Å². The second-order valence-corrected chi connectivity index (χ2v) is 5.98. The molecular weight excluding hydrogens is 268 g/mol. The smallest absolute Gasteiger partial charge is 0.407 e. The van der Waals surface area contributed by atoms with Gasteiger partial charge in [-0.1, -0.05) is 6.07 Å². The van der Waals surface area contributed by atoms with E-state index in [1.165, 1.54) is 0 Å². The Morgan fingerprint density at radius 1 is 1.48 bits per heavy atom. The molecule has 1 amide bonds. The molecule has 0 fully saturated rings. The highest BCUT2D eigenvalue weighted by Crippen LogP contribution is 2.09. The summed E-state index contributed by atoms with van der Waals surface area (Å²) in [5, 5.41) is 2.78. The summed E-state index contributed by atoms with van der Waals surface area (Å²) in [7, 11) is 0. The Morgan fingerprint density at radius 3 is 2.86 bits per heavy atom. The zero-order valence-electron chi connectivity index (χ0n) is 12.7. The lowest BCUT2D eigenvalue weighted by Gasteiger charge is -2.22. The van der Waals surface area contributed by atoms with E-state index >= 15 is 0 Å². The summed E-state index contributed by atoms with van der Waals surface area (Å²) in [5.74, 6) is 0. The van der Waals surface area contributed by atoms with Crippen molar-refractivity contribution in [3.63, 3.8) is 0 Å². The van der Waals surface area contributed by atoms with Gasteiger partial charge in [0.05, 0.1) is 5.69 Å². The number of carbonyl (C=O) groups is 1. The second-order valence-electron chi connectivity index (χ2n) is 5.98. The number of pyridine rings is 1. The van der Waals surface area contributed by atoms with Gasteiger partial charge in [0.2, 0.25) is 0 Å². The first-order valence-electron chi connectivity index (χ1n) is 6.99.